The number of nitro groups is 1. The summed E-state index contributed by atoms with van der Waals surface area (Å²) in [4.78, 5) is 21.8. The van der Waals surface area contributed by atoms with E-state index in [2.05, 4.69) is 0 Å². The maximum absolute atomic E-state index is 11.6. The fourth-order valence-corrected chi connectivity index (χ4v) is 1.91. The van der Waals surface area contributed by atoms with E-state index in [1.165, 1.54) is 24.3 Å². The van der Waals surface area contributed by atoms with Crippen LogP contribution in [0.5, 0.6) is 0 Å². The van der Waals surface area contributed by atoms with Crippen LogP contribution in [-0.2, 0) is 16.1 Å². The van der Waals surface area contributed by atoms with E-state index >= 15 is 0 Å². The Kier molecular flexibility index (Phi) is 5.27. The lowest BCUT2D eigenvalue weighted by atomic mass is 10.2. The summed E-state index contributed by atoms with van der Waals surface area (Å²) in [6, 6.07) is 13.0. The molecule has 6 heteroatoms. The number of esters is 1. The molecule has 0 fully saturated rings. The first-order chi connectivity index (χ1) is 10.6. The van der Waals surface area contributed by atoms with Gasteiger partial charge in [0.05, 0.1) is 4.92 Å². The number of ether oxygens (including phenoxy) is 1. The molecular weight excluding hydrogens is 306 g/mol. The van der Waals surface area contributed by atoms with Gasteiger partial charge in [0.2, 0.25) is 0 Å². The summed E-state index contributed by atoms with van der Waals surface area (Å²) < 4.78 is 5.06. The molecule has 0 spiro atoms. The maximum Gasteiger partial charge on any atom is 0.331 e. The Hall–Kier alpha value is -2.66. The first kappa shape index (κ1) is 15.7. The Morgan fingerprint density at radius 1 is 1.23 bits per heavy atom. The molecule has 5 nitrogen and oxygen atoms in total. The van der Waals surface area contributed by atoms with Gasteiger partial charge in [-0.2, -0.15) is 0 Å². The van der Waals surface area contributed by atoms with Gasteiger partial charge in [0.25, 0.3) is 5.69 Å². The number of benzene rings is 2. The van der Waals surface area contributed by atoms with Crippen molar-refractivity contribution in [3.05, 3.63) is 80.9 Å². The molecule has 2 aromatic rings. The monoisotopic (exact) mass is 317 g/mol. The van der Waals surface area contributed by atoms with Crippen LogP contribution >= 0.6 is 11.6 Å². The zero-order valence-electron chi connectivity index (χ0n) is 11.4. The topological polar surface area (TPSA) is 69.4 Å². The normalized spacial score (nSPS) is 10.6. The Morgan fingerprint density at radius 3 is 2.73 bits per heavy atom. The third kappa shape index (κ3) is 4.43. The van der Waals surface area contributed by atoms with Crippen molar-refractivity contribution in [2.24, 2.45) is 0 Å². The van der Waals surface area contributed by atoms with Crippen molar-refractivity contribution in [2.75, 3.05) is 0 Å². The van der Waals surface area contributed by atoms with Gasteiger partial charge in [0.1, 0.15) is 6.61 Å². The fourth-order valence-electron chi connectivity index (χ4n) is 1.72. The van der Waals surface area contributed by atoms with Gasteiger partial charge in [-0.25, -0.2) is 4.79 Å². The van der Waals surface area contributed by atoms with Crippen LogP contribution < -0.4 is 0 Å². The summed E-state index contributed by atoms with van der Waals surface area (Å²) in [7, 11) is 0. The van der Waals surface area contributed by atoms with E-state index in [1.807, 2.05) is 0 Å². The molecule has 0 unspecified atom stereocenters. The molecular formula is C16H12ClNO4. The van der Waals surface area contributed by atoms with E-state index in [1.54, 1.807) is 36.4 Å². The molecule has 0 heterocycles. The third-order valence-electron chi connectivity index (χ3n) is 2.82. The number of halogens is 1. The molecule has 0 aromatic heterocycles. The number of non-ortho nitro benzene ring substituents is 1. The Morgan fingerprint density at radius 2 is 2.00 bits per heavy atom. The molecule has 0 N–H and O–H groups in total. The van der Waals surface area contributed by atoms with E-state index in [9.17, 15) is 14.9 Å². The summed E-state index contributed by atoms with van der Waals surface area (Å²) in [5, 5.41) is 11.2. The lowest BCUT2D eigenvalue weighted by Crippen LogP contribution is -2.01. The van der Waals surface area contributed by atoms with Crippen LogP contribution in [0.2, 0.25) is 5.02 Å². The van der Waals surface area contributed by atoms with Gasteiger partial charge in [-0.1, -0.05) is 41.9 Å². The molecule has 0 amide bonds. The minimum Gasteiger partial charge on any atom is -0.458 e. The van der Waals surface area contributed by atoms with E-state index in [0.717, 1.165) is 0 Å². The molecule has 0 aliphatic heterocycles. The van der Waals surface area contributed by atoms with Crippen molar-refractivity contribution in [3.8, 4) is 0 Å². The SMILES string of the molecule is O=C(/C=C/c1cccc([N+](=O)[O-])c1)OCc1ccccc1Cl. The molecule has 0 atom stereocenters. The van der Waals surface area contributed by atoms with Gasteiger partial charge in [-0.3, -0.25) is 10.1 Å². The number of hydrogen-bond acceptors (Lipinski definition) is 4. The molecule has 0 aliphatic carbocycles. The predicted molar refractivity (Wildman–Crippen MR) is 83.4 cm³/mol. The van der Waals surface area contributed by atoms with Gasteiger partial charge in [-0.15, -0.1) is 0 Å². The molecule has 112 valence electrons. The number of nitro benzene ring substituents is 1. The van der Waals surface area contributed by atoms with E-state index < -0.39 is 10.9 Å². The van der Waals surface area contributed by atoms with Crippen molar-refractivity contribution in [2.45, 2.75) is 6.61 Å². The quantitative estimate of drug-likeness (QED) is 0.361. The van der Waals surface area contributed by atoms with Crippen molar-refractivity contribution >= 4 is 29.3 Å². The Labute approximate surface area is 131 Å². The van der Waals surface area contributed by atoms with Crippen molar-refractivity contribution in [1.82, 2.24) is 0 Å². The molecule has 0 aliphatic rings. The average Bonchev–Trinajstić information content (AvgIpc) is 2.52. The molecule has 2 aromatic carbocycles. The second kappa shape index (κ2) is 7.38. The van der Waals surface area contributed by atoms with Crippen molar-refractivity contribution in [1.29, 1.82) is 0 Å². The van der Waals surface area contributed by atoms with Crippen molar-refractivity contribution < 1.29 is 14.5 Å². The predicted octanol–water partition coefficient (Wildman–Crippen LogP) is 4.00. The van der Waals surface area contributed by atoms with Crippen LogP contribution in [0.25, 0.3) is 6.08 Å². The highest BCUT2D eigenvalue weighted by Gasteiger charge is 2.05. The molecule has 0 saturated carbocycles. The molecule has 2 rings (SSSR count). The third-order valence-corrected chi connectivity index (χ3v) is 3.19. The van der Waals surface area contributed by atoms with Gasteiger partial charge in [0.15, 0.2) is 0 Å². The molecule has 0 saturated heterocycles. The summed E-state index contributed by atoms with van der Waals surface area (Å²) >= 11 is 5.95. The van der Waals surface area contributed by atoms with Gasteiger partial charge in [-0.05, 0) is 17.7 Å². The smallest absolute Gasteiger partial charge is 0.331 e. The average molecular weight is 318 g/mol. The number of nitrogens with zero attached hydrogens (tertiary/aromatic N) is 1. The molecule has 0 bridgehead atoms. The van der Waals surface area contributed by atoms with Gasteiger partial charge < -0.3 is 4.74 Å². The zero-order valence-corrected chi connectivity index (χ0v) is 12.2. The highest BCUT2D eigenvalue weighted by atomic mass is 35.5. The first-order valence-electron chi connectivity index (χ1n) is 6.39. The Bertz CT molecular complexity index is 728. The number of rotatable bonds is 5. The van der Waals surface area contributed by atoms with E-state index in [-0.39, 0.29) is 12.3 Å². The number of hydrogen-bond donors (Lipinski definition) is 0. The zero-order chi connectivity index (χ0) is 15.9. The Balaban J connectivity index is 1.96. The van der Waals surface area contributed by atoms with Crippen LogP contribution in [0.15, 0.2) is 54.6 Å². The second-order valence-electron chi connectivity index (χ2n) is 4.38. The van der Waals surface area contributed by atoms with Crippen LogP contribution in [0.1, 0.15) is 11.1 Å². The van der Waals surface area contributed by atoms with Crippen LogP contribution in [-0.4, -0.2) is 10.9 Å². The van der Waals surface area contributed by atoms with E-state index in [0.29, 0.717) is 16.1 Å². The summed E-state index contributed by atoms with van der Waals surface area (Å²) in [5.74, 6) is -0.550. The molecule has 22 heavy (non-hydrogen) atoms. The van der Waals surface area contributed by atoms with Gasteiger partial charge >= 0.3 is 5.97 Å². The summed E-state index contributed by atoms with van der Waals surface area (Å²) in [6.45, 7) is 0.0672. The highest BCUT2D eigenvalue weighted by molar-refractivity contribution is 6.31. The molecule has 0 radical (unpaired) electrons. The van der Waals surface area contributed by atoms with E-state index in [4.69, 9.17) is 16.3 Å². The van der Waals surface area contributed by atoms with Crippen molar-refractivity contribution in [3.63, 3.8) is 0 Å². The minimum absolute atomic E-state index is 0.0356. The summed E-state index contributed by atoms with van der Waals surface area (Å²) in [5.41, 5.74) is 1.22. The summed E-state index contributed by atoms with van der Waals surface area (Å²) in [6.07, 6.45) is 2.68. The fraction of sp³-hybridized carbons (Fsp3) is 0.0625. The van der Waals surface area contributed by atoms with Crippen LogP contribution in [0.4, 0.5) is 5.69 Å². The lowest BCUT2D eigenvalue weighted by molar-refractivity contribution is -0.384. The first-order valence-corrected chi connectivity index (χ1v) is 6.77. The maximum atomic E-state index is 11.6. The van der Waals surface area contributed by atoms with Crippen LogP contribution in [0.3, 0.4) is 0 Å². The van der Waals surface area contributed by atoms with Gasteiger partial charge in [0, 0.05) is 28.8 Å². The van der Waals surface area contributed by atoms with Crippen LogP contribution in [0, 0.1) is 10.1 Å². The largest absolute Gasteiger partial charge is 0.458 e. The number of carbonyl (C=O) groups is 1. The second-order valence-corrected chi connectivity index (χ2v) is 4.79. The standard InChI is InChI=1S/C16H12ClNO4/c17-15-7-2-1-5-13(15)11-22-16(19)9-8-12-4-3-6-14(10-12)18(20)21/h1-10H,11H2/b9-8+. The minimum atomic E-state index is -0.550. The highest BCUT2D eigenvalue weighted by Crippen LogP contribution is 2.16. The number of carbonyl (C=O) groups excluding carboxylic acids is 1. The lowest BCUT2D eigenvalue weighted by Gasteiger charge is -2.04.